The molecule has 1 aromatic heterocycles. The Hall–Kier alpha value is -1.78. The van der Waals surface area contributed by atoms with Crippen molar-refractivity contribution in [3.63, 3.8) is 0 Å². The Kier molecular flexibility index (Phi) is 4.12. The van der Waals surface area contributed by atoms with Crippen molar-refractivity contribution < 1.29 is 13.2 Å². The fourth-order valence-electron chi connectivity index (χ4n) is 1.94. The number of hydrogen-bond donors (Lipinski definition) is 0. The van der Waals surface area contributed by atoms with Crippen LogP contribution >= 0.6 is 0 Å². The molecule has 0 radical (unpaired) electrons. The van der Waals surface area contributed by atoms with E-state index in [0.717, 1.165) is 36.2 Å². The SMILES string of the molecule is CC(C)(C)CCn1cc(-c2ccc(C(F)(F)F)cc2)cn1. The first-order chi connectivity index (χ1) is 9.65. The van der Waals surface area contributed by atoms with Gasteiger partial charge in [-0.05, 0) is 29.5 Å². The van der Waals surface area contributed by atoms with Gasteiger partial charge in [-0.1, -0.05) is 32.9 Å². The molecule has 0 saturated heterocycles. The van der Waals surface area contributed by atoms with E-state index < -0.39 is 11.7 Å². The smallest absolute Gasteiger partial charge is 0.272 e. The monoisotopic (exact) mass is 296 g/mol. The van der Waals surface area contributed by atoms with Crippen molar-refractivity contribution in [2.75, 3.05) is 0 Å². The van der Waals surface area contributed by atoms with Gasteiger partial charge in [0.2, 0.25) is 0 Å². The van der Waals surface area contributed by atoms with Gasteiger partial charge in [-0.25, -0.2) is 0 Å². The van der Waals surface area contributed by atoms with Crippen LogP contribution in [0, 0.1) is 5.41 Å². The number of rotatable bonds is 3. The Morgan fingerprint density at radius 2 is 1.62 bits per heavy atom. The molecule has 114 valence electrons. The van der Waals surface area contributed by atoms with E-state index in [9.17, 15) is 13.2 Å². The summed E-state index contributed by atoms with van der Waals surface area (Å²) in [6.45, 7) is 7.28. The van der Waals surface area contributed by atoms with E-state index in [1.807, 2.05) is 10.9 Å². The summed E-state index contributed by atoms with van der Waals surface area (Å²) in [4.78, 5) is 0. The Labute approximate surface area is 122 Å². The molecule has 0 unspecified atom stereocenters. The molecule has 0 aliphatic carbocycles. The highest BCUT2D eigenvalue weighted by molar-refractivity contribution is 5.62. The van der Waals surface area contributed by atoms with Gasteiger partial charge < -0.3 is 0 Å². The summed E-state index contributed by atoms with van der Waals surface area (Å²) >= 11 is 0. The fourth-order valence-corrected chi connectivity index (χ4v) is 1.94. The van der Waals surface area contributed by atoms with Crippen LogP contribution in [-0.4, -0.2) is 9.78 Å². The summed E-state index contributed by atoms with van der Waals surface area (Å²) < 4.78 is 39.4. The second-order valence-electron chi connectivity index (χ2n) is 6.38. The van der Waals surface area contributed by atoms with Crippen LogP contribution in [0.25, 0.3) is 11.1 Å². The van der Waals surface area contributed by atoms with Crippen molar-refractivity contribution in [2.45, 2.75) is 39.9 Å². The van der Waals surface area contributed by atoms with E-state index in [4.69, 9.17) is 0 Å². The highest BCUT2D eigenvalue weighted by Gasteiger charge is 2.29. The molecule has 0 saturated carbocycles. The Morgan fingerprint density at radius 1 is 1.00 bits per heavy atom. The molecule has 0 fully saturated rings. The number of nitrogens with zero attached hydrogens (tertiary/aromatic N) is 2. The summed E-state index contributed by atoms with van der Waals surface area (Å²) in [6.07, 6.45) is 0.246. The second-order valence-corrected chi connectivity index (χ2v) is 6.38. The third-order valence-electron chi connectivity index (χ3n) is 3.27. The lowest BCUT2D eigenvalue weighted by atomic mass is 9.92. The Bertz CT molecular complexity index is 589. The standard InChI is InChI=1S/C16H19F3N2/c1-15(2,3)8-9-21-11-13(10-20-21)12-4-6-14(7-5-12)16(17,18)19/h4-7,10-11H,8-9H2,1-3H3. The number of aryl methyl sites for hydroxylation is 1. The van der Waals surface area contributed by atoms with Crippen molar-refractivity contribution >= 4 is 0 Å². The predicted molar refractivity (Wildman–Crippen MR) is 76.7 cm³/mol. The van der Waals surface area contributed by atoms with Gasteiger partial charge in [0, 0.05) is 18.3 Å². The van der Waals surface area contributed by atoms with Crippen LogP contribution in [0.5, 0.6) is 0 Å². The molecule has 1 aromatic carbocycles. The van der Waals surface area contributed by atoms with Gasteiger partial charge in [0.15, 0.2) is 0 Å². The summed E-state index contributed by atoms with van der Waals surface area (Å²) in [5, 5.41) is 4.26. The first-order valence-electron chi connectivity index (χ1n) is 6.85. The zero-order chi connectivity index (χ0) is 15.7. The van der Waals surface area contributed by atoms with Gasteiger partial charge in [-0.3, -0.25) is 4.68 Å². The van der Waals surface area contributed by atoms with Gasteiger partial charge in [0.25, 0.3) is 0 Å². The van der Waals surface area contributed by atoms with Gasteiger partial charge in [-0.15, -0.1) is 0 Å². The number of aromatic nitrogens is 2. The van der Waals surface area contributed by atoms with E-state index in [0.29, 0.717) is 0 Å². The molecule has 0 spiro atoms. The van der Waals surface area contributed by atoms with Crippen LogP contribution in [0.2, 0.25) is 0 Å². The van der Waals surface area contributed by atoms with Gasteiger partial charge in [0.1, 0.15) is 0 Å². The molecule has 0 amide bonds. The van der Waals surface area contributed by atoms with Crippen molar-refractivity contribution in [3.05, 3.63) is 42.2 Å². The summed E-state index contributed by atoms with van der Waals surface area (Å²) in [5.74, 6) is 0. The van der Waals surface area contributed by atoms with E-state index >= 15 is 0 Å². The molecule has 21 heavy (non-hydrogen) atoms. The number of benzene rings is 1. The zero-order valence-corrected chi connectivity index (χ0v) is 12.4. The summed E-state index contributed by atoms with van der Waals surface area (Å²) in [7, 11) is 0. The molecule has 0 atom stereocenters. The lowest BCUT2D eigenvalue weighted by Gasteiger charge is -2.17. The van der Waals surface area contributed by atoms with Gasteiger partial charge >= 0.3 is 6.18 Å². The maximum atomic E-state index is 12.5. The predicted octanol–water partition coefficient (Wildman–Crippen LogP) is 5.01. The van der Waals surface area contributed by atoms with Crippen molar-refractivity contribution in [3.8, 4) is 11.1 Å². The zero-order valence-electron chi connectivity index (χ0n) is 12.4. The van der Waals surface area contributed by atoms with Crippen LogP contribution in [-0.2, 0) is 12.7 Å². The molecular formula is C16H19F3N2. The third kappa shape index (κ3) is 4.34. The lowest BCUT2D eigenvalue weighted by Crippen LogP contribution is -2.10. The van der Waals surface area contributed by atoms with E-state index in [1.165, 1.54) is 12.1 Å². The Morgan fingerprint density at radius 3 is 2.14 bits per heavy atom. The van der Waals surface area contributed by atoms with Crippen LogP contribution < -0.4 is 0 Å². The molecule has 2 nitrogen and oxygen atoms in total. The number of halogens is 3. The lowest BCUT2D eigenvalue weighted by molar-refractivity contribution is -0.137. The van der Waals surface area contributed by atoms with Crippen molar-refractivity contribution in [1.29, 1.82) is 0 Å². The van der Waals surface area contributed by atoms with E-state index in [1.54, 1.807) is 6.20 Å². The largest absolute Gasteiger partial charge is 0.416 e. The molecule has 0 bridgehead atoms. The second kappa shape index (κ2) is 5.54. The normalized spacial score (nSPS) is 12.7. The minimum absolute atomic E-state index is 0.223. The van der Waals surface area contributed by atoms with Crippen LogP contribution in [0.3, 0.4) is 0 Å². The highest BCUT2D eigenvalue weighted by Crippen LogP contribution is 2.31. The van der Waals surface area contributed by atoms with Crippen LogP contribution in [0.15, 0.2) is 36.7 Å². The topological polar surface area (TPSA) is 17.8 Å². The first kappa shape index (κ1) is 15.6. The Balaban J connectivity index is 2.11. The van der Waals surface area contributed by atoms with E-state index in [-0.39, 0.29) is 5.41 Å². The van der Waals surface area contributed by atoms with Crippen molar-refractivity contribution in [1.82, 2.24) is 9.78 Å². The quantitative estimate of drug-likeness (QED) is 0.779. The van der Waals surface area contributed by atoms with Crippen molar-refractivity contribution in [2.24, 2.45) is 5.41 Å². The van der Waals surface area contributed by atoms with Crippen LogP contribution in [0.4, 0.5) is 13.2 Å². The minimum Gasteiger partial charge on any atom is -0.272 e. The molecule has 2 aromatic rings. The first-order valence-corrected chi connectivity index (χ1v) is 6.85. The molecule has 1 heterocycles. The number of hydrogen-bond acceptors (Lipinski definition) is 1. The molecule has 0 N–H and O–H groups in total. The maximum absolute atomic E-state index is 12.5. The minimum atomic E-state index is -4.30. The van der Waals surface area contributed by atoms with E-state index in [2.05, 4.69) is 25.9 Å². The molecule has 0 aliphatic heterocycles. The van der Waals surface area contributed by atoms with Gasteiger partial charge in [-0.2, -0.15) is 18.3 Å². The molecule has 5 heteroatoms. The van der Waals surface area contributed by atoms with Gasteiger partial charge in [0.05, 0.1) is 11.8 Å². The molecule has 0 aliphatic rings. The molecular weight excluding hydrogens is 277 g/mol. The summed E-state index contributed by atoms with van der Waals surface area (Å²) in [5.41, 5.74) is 1.16. The highest BCUT2D eigenvalue weighted by atomic mass is 19.4. The molecule has 2 rings (SSSR count). The average molecular weight is 296 g/mol. The summed E-state index contributed by atoms with van der Waals surface area (Å²) in [6, 6.07) is 5.16. The number of alkyl halides is 3. The van der Waals surface area contributed by atoms with Crippen LogP contribution in [0.1, 0.15) is 32.8 Å². The maximum Gasteiger partial charge on any atom is 0.416 e. The fraction of sp³-hybridized carbons (Fsp3) is 0.438. The average Bonchev–Trinajstić information content (AvgIpc) is 2.83. The third-order valence-corrected chi connectivity index (χ3v) is 3.27.